The van der Waals surface area contributed by atoms with Gasteiger partial charge in [0.15, 0.2) is 0 Å². The van der Waals surface area contributed by atoms with Crippen LogP contribution in [0.15, 0.2) is 57.7 Å². The van der Waals surface area contributed by atoms with Gasteiger partial charge in [0.2, 0.25) is 0 Å². The standard InChI is InChI=1S/C17H13ClO3/c1-2-20-11-7-8-13-14(10-17(19)21-16(13)9-11)12-5-3-4-6-15(12)18/h3-10H,2H2,1H3. The van der Waals surface area contributed by atoms with Crippen molar-refractivity contribution in [3.63, 3.8) is 0 Å². The Hall–Kier alpha value is -2.26. The summed E-state index contributed by atoms with van der Waals surface area (Å²) in [4.78, 5) is 11.8. The van der Waals surface area contributed by atoms with Gasteiger partial charge >= 0.3 is 5.63 Å². The number of ether oxygens (including phenoxy) is 1. The van der Waals surface area contributed by atoms with Crippen LogP contribution in [0.3, 0.4) is 0 Å². The second-order valence-electron chi connectivity index (χ2n) is 4.55. The van der Waals surface area contributed by atoms with E-state index in [-0.39, 0.29) is 0 Å². The van der Waals surface area contributed by atoms with Gasteiger partial charge in [-0.05, 0) is 25.1 Å². The van der Waals surface area contributed by atoms with E-state index in [0.29, 0.717) is 23.0 Å². The number of benzene rings is 2. The van der Waals surface area contributed by atoms with E-state index in [1.807, 2.05) is 37.3 Å². The summed E-state index contributed by atoms with van der Waals surface area (Å²) >= 11 is 6.24. The Morgan fingerprint density at radius 3 is 2.67 bits per heavy atom. The third-order valence-electron chi connectivity index (χ3n) is 3.19. The molecular weight excluding hydrogens is 288 g/mol. The molecule has 1 heterocycles. The topological polar surface area (TPSA) is 39.4 Å². The lowest BCUT2D eigenvalue weighted by Crippen LogP contribution is -1.99. The zero-order chi connectivity index (χ0) is 14.8. The molecule has 3 rings (SSSR count). The van der Waals surface area contributed by atoms with E-state index >= 15 is 0 Å². The van der Waals surface area contributed by atoms with E-state index in [2.05, 4.69) is 0 Å². The van der Waals surface area contributed by atoms with Crippen molar-refractivity contribution in [2.24, 2.45) is 0 Å². The van der Waals surface area contributed by atoms with E-state index in [4.69, 9.17) is 20.8 Å². The van der Waals surface area contributed by atoms with Gasteiger partial charge in [-0.15, -0.1) is 0 Å². The molecule has 1 aromatic heterocycles. The summed E-state index contributed by atoms with van der Waals surface area (Å²) in [6.45, 7) is 2.46. The summed E-state index contributed by atoms with van der Waals surface area (Å²) in [5.74, 6) is 0.671. The molecular formula is C17H13ClO3. The third-order valence-corrected chi connectivity index (χ3v) is 3.52. The first-order chi connectivity index (χ1) is 10.2. The summed E-state index contributed by atoms with van der Waals surface area (Å²) in [5, 5.41) is 1.42. The monoisotopic (exact) mass is 300 g/mol. The molecule has 21 heavy (non-hydrogen) atoms. The van der Waals surface area contributed by atoms with E-state index in [9.17, 15) is 4.79 Å². The number of fused-ring (bicyclic) bond motifs is 1. The lowest BCUT2D eigenvalue weighted by molar-refractivity contribution is 0.340. The van der Waals surface area contributed by atoms with Crippen LogP contribution in [-0.2, 0) is 0 Å². The fraction of sp³-hybridized carbons (Fsp3) is 0.118. The van der Waals surface area contributed by atoms with Gasteiger partial charge in [-0.25, -0.2) is 4.79 Å². The van der Waals surface area contributed by atoms with Crippen LogP contribution < -0.4 is 10.4 Å². The quantitative estimate of drug-likeness (QED) is 0.668. The Kier molecular flexibility index (Phi) is 3.67. The molecule has 0 aliphatic heterocycles. The maximum Gasteiger partial charge on any atom is 0.336 e. The van der Waals surface area contributed by atoms with Gasteiger partial charge in [-0.3, -0.25) is 0 Å². The van der Waals surface area contributed by atoms with Crippen molar-refractivity contribution in [2.45, 2.75) is 6.92 Å². The molecule has 0 aliphatic rings. The summed E-state index contributed by atoms with van der Waals surface area (Å²) in [7, 11) is 0. The average Bonchev–Trinajstić information content (AvgIpc) is 2.47. The van der Waals surface area contributed by atoms with Crippen LogP contribution in [0.4, 0.5) is 0 Å². The van der Waals surface area contributed by atoms with Crippen molar-refractivity contribution in [3.05, 3.63) is 64.0 Å². The second-order valence-corrected chi connectivity index (χ2v) is 4.96. The summed E-state index contributed by atoms with van der Waals surface area (Å²) in [5.41, 5.74) is 1.64. The highest BCUT2D eigenvalue weighted by Crippen LogP contribution is 2.33. The van der Waals surface area contributed by atoms with Crippen molar-refractivity contribution in [1.29, 1.82) is 0 Å². The fourth-order valence-electron chi connectivity index (χ4n) is 2.30. The molecule has 0 spiro atoms. The lowest BCUT2D eigenvalue weighted by atomic mass is 10.0. The molecule has 0 saturated heterocycles. The van der Waals surface area contributed by atoms with Crippen LogP contribution in [0.2, 0.25) is 5.02 Å². The highest BCUT2D eigenvalue weighted by Gasteiger charge is 2.11. The van der Waals surface area contributed by atoms with Crippen molar-refractivity contribution in [2.75, 3.05) is 6.61 Å². The SMILES string of the molecule is CCOc1ccc2c(-c3ccccc3Cl)cc(=O)oc2c1. The van der Waals surface area contributed by atoms with E-state index in [1.54, 1.807) is 12.1 Å². The number of hydrogen-bond donors (Lipinski definition) is 0. The average molecular weight is 301 g/mol. The number of rotatable bonds is 3. The number of hydrogen-bond acceptors (Lipinski definition) is 3. The smallest absolute Gasteiger partial charge is 0.336 e. The van der Waals surface area contributed by atoms with Crippen LogP contribution in [0, 0.1) is 0 Å². The van der Waals surface area contributed by atoms with Gasteiger partial charge in [0.05, 0.1) is 6.61 Å². The molecule has 0 radical (unpaired) electrons. The van der Waals surface area contributed by atoms with Gasteiger partial charge in [-0.2, -0.15) is 0 Å². The minimum atomic E-state index is -0.411. The van der Waals surface area contributed by atoms with Gasteiger partial charge in [0.25, 0.3) is 0 Å². The van der Waals surface area contributed by atoms with Gasteiger partial charge in [0, 0.05) is 33.7 Å². The third kappa shape index (κ3) is 2.65. The molecule has 0 atom stereocenters. The van der Waals surface area contributed by atoms with Crippen molar-refractivity contribution >= 4 is 22.6 Å². The van der Waals surface area contributed by atoms with Crippen LogP contribution in [0.5, 0.6) is 5.75 Å². The predicted molar refractivity (Wildman–Crippen MR) is 84.1 cm³/mol. The second kappa shape index (κ2) is 5.62. The maximum absolute atomic E-state index is 11.8. The number of halogens is 1. The highest BCUT2D eigenvalue weighted by molar-refractivity contribution is 6.33. The fourth-order valence-corrected chi connectivity index (χ4v) is 2.54. The maximum atomic E-state index is 11.8. The first-order valence-electron chi connectivity index (χ1n) is 6.64. The Morgan fingerprint density at radius 1 is 1.10 bits per heavy atom. The largest absolute Gasteiger partial charge is 0.494 e. The highest BCUT2D eigenvalue weighted by atomic mass is 35.5. The zero-order valence-electron chi connectivity index (χ0n) is 11.4. The summed E-state index contributed by atoms with van der Waals surface area (Å²) in [6.07, 6.45) is 0. The Bertz CT molecular complexity index is 852. The molecule has 106 valence electrons. The van der Waals surface area contributed by atoms with Crippen LogP contribution in [0.25, 0.3) is 22.1 Å². The predicted octanol–water partition coefficient (Wildman–Crippen LogP) is 4.51. The normalized spacial score (nSPS) is 10.8. The molecule has 0 unspecified atom stereocenters. The molecule has 2 aromatic carbocycles. The van der Waals surface area contributed by atoms with Gasteiger partial charge in [0.1, 0.15) is 11.3 Å². The Balaban J connectivity index is 2.28. The van der Waals surface area contributed by atoms with Crippen LogP contribution in [0.1, 0.15) is 6.92 Å². The Labute approximate surface area is 126 Å². The summed E-state index contributed by atoms with van der Waals surface area (Å²) < 4.78 is 10.7. The van der Waals surface area contributed by atoms with Crippen molar-refractivity contribution in [3.8, 4) is 16.9 Å². The van der Waals surface area contributed by atoms with E-state index in [1.165, 1.54) is 6.07 Å². The van der Waals surface area contributed by atoms with E-state index < -0.39 is 5.63 Å². The first-order valence-corrected chi connectivity index (χ1v) is 7.02. The van der Waals surface area contributed by atoms with Crippen LogP contribution >= 0.6 is 11.6 Å². The van der Waals surface area contributed by atoms with Crippen LogP contribution in [-0.4, -0.2) is 6.61 Å². The van der Waals surface area contributed by atoms with E-state index in [0.717, 1.165) is 16.5 Å². The Morgan fingerprint density at radius 2 is 1.90 bits per heavy atom. The molecule has 0 bridgehead atoms. The summed E-state index contributed by atoms with van der Waals surface area (Å²) in [6, 6.07) is 14.3. The molecule has 0 amide bonds. The molecule has 0 saturated carbocycles. The van der Waals surface area contributed by atoms with Crippen molar-refractivity contribution in [1.82, 2.24) is 0 Å². The minimum absolute atomic E-state index is 0.411. The van der Waals surface area contributed by atoms with Gasteiger partial charge in [-0.1, -0.05) is 29.8 Å². The molecule has 3 nitrogen and oxygen atoms in total. The lowest BCUT2D eigenvalue weighted by Gasteiger charge is -2.09. The van der Waals surface area contributed by atoms with Gasteiger partial charge < -0.3 is 9.15 Å². The molecule has 4 heteroatoms. The zero-order valence-corrected chi connectivity index (χ0v) is 12.2. The molecule has 0 fully saturated rings. The minimum Gasteiger partial charge on any atom is -0.494 e. The van der Waals surface area contributed by atoms with Crippen molar-refractivity contribution < 1.29 is 9.15 Å². The first kappa shape index (κ1) is 13.7. The molecule has 0 aliphatic carbocycles. The molecule has 3 aromatic rings. The molecule has 0 N–H and O–H groups in total.